The summed E-state index contributed by atoms with van der Waals surface area (Å²) in [5.74, 6) is 2.05. The molecule has 1 fully saturated rings. The average Bonchev–Trinajstić information content (AvgIpc) is 2.84. The van der Waals surface area contributed by atoms with E-state index in [1.807, 2.05) is 24.3 Å². The molecule has 2 N–H and O–H groups in total. The van der Waals surface area contributed by atoms with Crippen molar-refractivity contribution in [3.63, 3.8) is 0 Å². The van der Waals surface area contributed by atoms with Crippen LogP contribution in [-0.2, 0) is 0 Å². The Kier molecular flexibility index (Phi) is 8.14. The maximum Gasteiger partial charge on any atom is 0.140 e. The molecule has 0 aromatic heterocycles. The molecule has 3 aromatic rings. The average molecular weight is 500 g/mol. The number of thioether (sulfide) groups is 1. The SMILES string of the molecule is Cl.Oc1cccc([C@H]2Sc3cc(O)ccc3O[C@H]2c2ccc(OCCN3CCCCC3)cc2)c1. The van der Waals surface area contributed by atoms with Crippen LogP contribution in [0.1, 0.15) is 41.7 Å². The van der Waals surface area contributed by atoms with Gasteiger partial charge in [0.05, 0.1) is 10.1 Å². The summed E-state index contributed by atoms with van der Waals surface area (Å²) in [7, 11) is 0. The van der Waals surface area contributed by atoms with Gasteiger partial charge in [-0.3, -0.25) is 4.90 Å². The predicted octanol–water partition coefficient (Wildman–Crippen LogP) is 6.35. The van der Waals surface area contributed by atoms with Crippen LogP contribution in [0.5, 0.6) is 23.0 Å². The number of halogens is 1. The number of ether oxygens (including phenoxy) is 2. The molecule has 7 heteroatoms. The Labute approximate surface area is 211 Å². The minimum Gasteiger partial charge on any atom is -0.508 e. The maximum atomic E-state index is 10.0. The molecular formula is C27H30ClNO4S. The van der Waals surface area contributed by atoms with Crippen molar-refractivity contribution in [3.8, 4) is 23.0 Å². The van der Waals surface area contributed by atoms with E-state index in [4.69, 9.17) is 9.47 Å². The van der Waals surface area contributed by atoms with Gasteiger partial charge in [0.15, 0.2) is 0 Å². The van der Waals surface area contributed by atoms with E-state index >= 15 is 0 Å². The molecule has 0 aliphatic carbocycles. The molecule has 2 atom stereocenters. The Balaban J connectivity index is 0.00000274. The van der Waals surface area contributed by atoms with E-state index in [1.54, 1.807) is 42.1 Å². The Morgan fingerprint density at radius 3 is 2.41 bits per heavy atom. The van der Waals surface area contributed by atoms with E-state index in [0.29, 0.717) is 6.61 Å². The summed E-state index contributed by atoms with van der Waals surface area (Å²) in [6.45, 7) is 4.01. The standard InChI is InChI=1S/C27H29NO4S.ClH/c29-21-6-4-5-20(17-21)27-26(32-24-12-9-22(30)18-25(24)33-27)19-7-10-23(11-8-19)31-16-15-28-13-2-1-3-14-28;/h4-12,17-18,26-27,29-30H,1-3,13-16H2;1H/t26-,27+;/m0./s1. The second-order valence-electron chi connectivity index (χ2n) is 8.62. The van der Waals surface area contributed by atoms with Gasteiger partial charge in [0.1, 0.15) is 35.7 Å². The van der Waals surface area contributed by atoms with E-state index in [9.17, 15) is 10.2 Å². The molecule has 1 saturated heterocycles. The third kappa shape index (κ3) is 5.74. The first kappa shape index (κ1) is 24.6. The lowest BCUT2D eigenvalue weighted by molar-refractivity contribution is 0.182. The molecule has 5 rings (SSSR count). The monoisotopic (exact) mass is 499 g/mol. The van der Waals surface area contributed by atoms with Gasteiger partial charge >= 0.3 is 0 Å². The van der Waals surface area contributed by atoms with E-state index in [0.717, 1.165) is 34.1 Å². The van der Waals surface area contributed by atoms with Gasteiger partial charge in [-0.15, -0.1) is 24.2 Å². The molecule has 3 aromatic carbocycles. The molecule has 0 radical (unpaired) electrons. The second kappa shape index (κ2) is 11.3. The van der Waals surface area contributed by atoms with Gasteiger partial charge in [-0.2, -0.15) is 0 Å². The molecule has 0 bridgehead atoms. The fourth-order valence-electron chi connectivity index (χ4n) is 4.50. The highest BCUT2D eigenvalue weighted by Gasteiger charge is 2.34. The summed E-state index contributed by atoms with van der Waals surface area (Å²) < 4.78 is 12.4. The summed E-state index contributed by atoms with van der Waals surface area (Å²) >= 11 is 1.64. The number of phenolic OH excluding ortho intramolecular Hbond substituents is 2. The predicted molar refractivity (Wildman–Crippen MR) is 138 cm³/mol. The number of fused-ring (bicyclic) bond motifs is 1. The van der Waals surface area contributed by atoms with Crippen molar-refractivity contribution in [2.75, 3.05) is 26.2 Å². The number of nitrogens with zero attached hydrogens (tertiary/aromatic N) is 1. The summed E-state index contributed by atoms with van der Waals surface area (Å²) in [6.07, 6.45) is 3.68. The zero-order chi connectivity index (χ0) is 22.6. The van der Waals surface area contributed by atoms with Crippen molar-refractivity contribution in [1.82, 2.24) is 4.90 Å². The second-order valence-corrected chi connectivity index (χ2v) is 9.81. The first-order valence-electron chi connectivity index (χ1n) is 11.6. The van der Waals surface area contributed by atoms with Crippen LogP contribution in [0.15, 0.2) is 71.6 Å². The Bertz CT molecular complexity index is 1090. The quantitative estimate of drug-likeness (QED) is 0.412. The third-order valence-corrected chi connectivity index (χ3v) is 7.59. The number of hydrogen-bond donors (Lipinski definition) is 2. The summed E-state index contributed by atoms with van der Waals surface area (Å²) in [4.78, 5) is 3.36. The molecule has 0 spiro atoms. The molecule has 2 heterocycles. The zero-order valence-corrected chi connectivity index (χ0v) is 20.6. The van der Waals surface area contributed by atoms with Crippen LogP contribution in [0.4, 0.5) is 0 Å². The highest BCUT2D eigenvalue weighted by molar-refractivity contribution is 7.99. The largest absolute Gasteiger partial charge is 0.508 e. The van der Waals surface area contributed by atoms with Crippen molar-refractivity contribution in [2.45, 2.75) is 35.5 Å². The smallest absolute Gasteiger partial charge is 0.140 e. The summed E-state index contributed by atoms with van der Waals surface area (Å²) in [6, 6.07) is 20.6. The van der Waals surface area contributed by atoms with Gasteiger partial charge < -0.3 is 19.7 Å². The van der Waals surface area contributed by atoms with Crippen molar-refractivity contribution in [2.24, 2.45) is 0 Å². The molecular weight excluding hydrogens is 470 g/mol. The van der Waals surface area contributed by atoms with Gasteiger partial charge in [0, 0.05) is 6.54 Å². The molecule has 5 nitrogen and oxygen atoms in total. The number of aromatic hydroxyl groups is 2. The van der Waals surface area contributed by atoms with E-state index in [-0.39, 0.29) is 35.3 Å². The van der Waals surface area contributed by atoms with Crippen molar-refractivity contribution < 1.29 is 19.7 Å². The first-order valence-corrected chi connectivity index (χ1v) is 12.4. The molecule has 0 unspecified atom stereocenters. The highest BCUT2D eigenvalue weighted by Crippen LogP contribution is 2.54. The normalized spacial score (nSPS) is 20.0. The molecule has 180 valence electrons. The zero-order valence-electron chi connectivity index (χ0n) is 18.9. The number of benzene rings is 3. The van der Waals surface area contributed by atoms with E-state index in [1.165, 1.54) is 32.4 Å². The van der Waals surface area contributed by atoms with Crippen molar-refractivity contribution in [1.29, 1.82) is 0 Å². The summed E-state index contributed by atoms with van der Waals surface area (Å²) in [5.41, 5.74) is 2.01. The van der Waals surface area contributed by atoms with Crippen molar-refractivity contribution in [3.05, 3.63) is 77.9 Å². The van der Waals surface area contributed by atoms with Gasteiger partial charge in [-0.25, -0.2) is 0 Å². The van der Waals surface area contributed by atoms with Gasteiger partial charge in [-0.05, 0) is 79.5 Å². The van der Waals surface area contributed by atoms with Crippen LogP contribution in [0.2, 0.25) is 0 Å². The van der Waals surface area contributed by atoms with E-state index < -0.39 is 0 Å². The molecule has 2 aliphatic rings. The van der Waals surface area contributed by atoms with Crippen molar-refractivity contribution >= 4 is 24.2 Å². The highest BCUT2D eigenvalue weighted by atomic mass is 35.5. The van der Waals surface area contributed by atoms with Gasteiger partial charge in [-0.1, -0.05) is 30.7 Å². The third-order valence-electron chi connectivity index (χ3n) is 6.24. The van der Waals surface area contributed by atoms with Crippen LogP contribution in [-0.4, -0.2) is 41.4 Å². The van der Waals surface area contributed by atoms with Crippen LogP contribution < -0.4 is 9.47 Å². The summed E-state index contributed by atoms with van der Waals surface area (Å²) in [5, 5.41) is 19.9. The lowest BCUT2D eigenvalue weighted by Crippen LogP contribution is -2.33. The minimum atomic E-state index is -0.240. The Morgan fingerprint density at radius 2 is 1.65 bits per heavy atom. The van der Waals surface area contributed by atoms with Gasteiger partial charge in [0.2, 0.25) is 0 Å². The van der Waals surface area contributed by atoms with Crippen LogP contribution in [0.25, 0.3) is 0 Å². The lowest BCUT2D eigenvalue weighted by atomic mass is 10.00. The lowest BCUT2D eigenvalue weighted by Gasteiger charge is -2.34. The molecule has 0 amide bonds. The number of rotatable bonds is 6. The minimum absolute atomic E-state index is 0. The Morgan fingerprint density at radius 1 is 0.882 bits per heavy atom. The number of hydrogen-bond acceptors (Lipinski definition) is 6. The van der Waals surface area contributed by atoms with E-state index in [2.05, 4.69) is 17.0 Å². The fourth-order valence-corrected chi connectivity index (χ4v) is 5.81. The van der Waals surface area contributed by atoms with Gasteiger partial charge in [0.25, 0.3) is 0 Å². The first-order chi connectivity index (χ1) is 16.2. The number of piperidine rings is 1. The maximum absolute atomic E-state index is 10.0. The molecule has 0 saturated carbocycles. The number of phenols is 2. The fraction of sp³-hybridized carbons (Fsp3) is 0.333. The topological polar surface area (TPSA) is 62.2 Å². The molecule has 34 heavy (non-hydrogen) atoms. The molecule has 2 aliphatic heterocycles. The number of likely N-dealkylation sites (tertiary alicyclic amines) is 1. The Hall–Kier alpha value is -2.54. The van der Waals surface area contributed by atoms with Crippen LogP contribution in [0.3, 0.4) is 0 Å². The van der Waals surface area contributed by atoms with Crippen LogP contribution >= 0.6 is 24.2 Å². The van der Waals surface area contributed by atoms with Crippen LogP contribution in [0, 0.1) is 0 Å².